The molecule has 0 bridgehead atoms. The van der Waals surface area contributed by atoms with Crippen LogP contribution in [0.2, 0.25) is 0 Å². The van der Waals surface area contributed by atoms with Crippen molar-refractivity contribution in [2.24, 2.45) is 0 Å². The topological polar surface area (TPSA) is 9.86 Å². The molecule has 0 aliphatic heterocycles. The van der Waals surface area contributed by atoms with Crippen LogP contribution in [0.4, 0.5) is 0 Å². The van der Waals surface area contributed by atoms with Crippen LogP contribution in [0.25, 0.3) is 76.9 Å². The predicted molar refractivity (Wildman–Crippen MR) is 190 cm³/mol. The largest absolute Gasteiger partial charge is 0.309 e. The van der Waals surface area contributed by atoms with Crippen molar-refractivity contribution in [3.8, 4) is 22.5 Å². The molecule has 2 heterocycles. The van der Waals surface area contributed by atoms with Crippen molar-refractivity contribution >= 4 is 54.4 Å². The zero-order valence-corrected chi connectivity index (χ0v) is 25.3. The Morgan fingerprint density at radius 2 is 1.11 bits per heavy atom. The Kier molecular flexibility index (Phi) is 4.82. The van der Waals surface area contributed by atoms with Gasteiger partial charge < -0.3 is 9.13 Å². The quantitative estimate of drug-likeness (QED) is 0.194. The molecule has 0 unspecified atom stereocenters. The molecule has 0 atom stereocenters. The molecule has 0 amide bonds. The fourth-order valence-corrected chi connectivity index (χ4v) is 8.35. The number of hydrogen-bond acceptors (Lipinski definition) is 0. The van der Waals surface area contributed by atoms with E-state index in [0.717, 1.165) is 0 Å². The van der Waals surface area contributed by atoms with E-state index in [2.05, 4.69) is 169 Å². The summed E-state index contributed by atoms with van der Waals surface area (Å²) >= 11 is 0. The zero-order chi connectivity index (χ0) is 29.9. The standard InChI is InChI=1S/C43H30N2/c1-43(2)36-20-10-8-17-30(36)32-19-12-22-38(41(32)43)45-37-21-11-9-18-31(37)34-25-39-35(26-40(34)45)33-24-23-27-13-6-7-16-29(27)42(33)44(39)28-14-4-3-5-15-28/h3-26H,1-2H3. The lowest BCUT2D eigenvalue weighted by molar-refractivity contribution is 0.656. The molecular formula is C43H30N2. The molecule has 0 N–H and O–H groups in total. The average Bonchev–Trinajstić information content (AvgIpc) is 3.67. The first-order valence-electron chi connectivity index (χ1n) is 15.8. The number of fused-ring (bicyclic) bond motifs is 11. The molecule has 212 valence electrons. The summed E-state index contributed by atoms with van der Waals surface area (Å²) in [7, 11) is 0. The Balaban J connectivity index is 1.38. The number of hydrogen-bond donors (Lipinski definition) is 0. The van der Waals surface area contributed by atoms with Crippen molar-refractivity contribution in [2.75, 3.05) is 0 Å². The van der Waals surface area contributed by atoms with Gasteiger partial charge >= 0.3 is 0 Å². The Labute approximate surface area is 261 Å². The van der Waals surface area contributed by atoms with E-state index in [1.807, 2.05) is 0 Å². The summed E-state index contributed by atoms with van der Waals surface area (Å²) in [5.41, 5.74) is 12.8. The maximum atomic E-state index is 2.53. The van der Waals surface area contributed by atoms with E-state index in [1.54, 1.807) is 0 Å². The fourth-order valence-electron chi connectivity index (χ4n) is 8.35. The van der Waals surface area contributed by atoms with Gasteiger partial charge in [-0.3, -0.25) is 0 Å². The van der Waals surface area contributed by atoms with Gasteiger partial charge in [0, 0.05) is 38.0 Å². The lowest BCUT2D eigenvalue weighted by Gasteiger charge is -2.25. The first-order chi connectivity index (χ1) is 22.1. The second kappa shape index (κ2) is 8.74. The van der Waals surface area contributed by atoms with Crippen molar-refractivity contribution in [3.63, 3.8) is 0 Å². The normalized spacial score (nSPS) is 13.7. The van der Waals surface area contributed by atoms with E-state index >= 15 is 0 Å². The first kappa shape index (κ1) is 24.8. The van der Waals surface area contributed by atoms with Crippen LogP contribution in [0.15, 0.2) is 146 Å². The highest BCUT2D eigenvalue weighted by molar-refractivity contribution is 6.23. The molecule has 1 aliphatic carbocycles. The minimum Gasteiger partial charge on any atom is -0.309 e. The maximum absolute atomic E-state index is 2.53. The first-order valence-corrected chi connectivity index (χ1v) is 15.8. The SMILES string of the molecule is CC1(C)c2ccccc2-c2cccc(-n3c4ccccc4c4cc5c(cc43)c3ccc4ccccc4c3n5-c3ccccc3)c21. The van der Waals surface area contributed by atoms with Crippen LogP contribution in [0, 0.1) is 0 Å². The van der Waals surface area contributed by atoms with Crippen LogP contribution < -0.4 is 0 Å². The third-order valence-corrected chi connectivity index (χ3v) is 10.3. The van der Waals surface area contributed by atoms with Gasteiger partial charge in [0.25, 0.3) is 0 Å². The Morgan fingerprint density at radius 3 is 1.98 bits per heavy atom. The number of nitrogens with zero attached hydrogens (tertiary/aromatic N) is 2. The molecule has 0 saturated heterocycles. The molecule has 2 heteroatoms. The smallest absolute Gasteiger partial charge is 0.0619 e. The molecule has 0 fully saturated rings. The summed E-state index contributed by atoms with van der Waals surface area (Å²) in [6, 6.07) is 53.8. The highest BCUT2D eigenvalue weighted by Gasteiger charge is 2.38. The van der Waals surface area contributed by atoms with E-state index in [9.17, 15) is 0 Å². The average molecular weight is 575 g/mol. The van der Waals surface area contributed by atoms with Crippen molar-refractivity contribution < 1.29 is 0 Å². The van der Waals surface area contributed by atoms with Gasteiger partial charge in [0.2, 0.25) is 0 Å². The Morgan fingerprint density at radius 1 is 0.444 bits per heavy atom. The van der Waals surface area contributed by atoms with Gasteiger partial charge in [-0.2, -0.15) is 0 Å². The molecule has 2 nitrogen and oxygen atoms in total. The third-order valence-electron chi connectivity index (χ3n) is 10.3. The van der Waals surface area contributed by atoms with Crippen molar-refractivity contribution in [1.29, 1.82) is 0 Å². The van der Waals surface area contributed by atoms with Crippen molar-refractivity contribution in [1.82, 2.24) is 9.13 Å². The molecule has 0 saturated carbocycles. The van der Waals surface area contributed by atoms with Crippen LogP contribution in [0.3, 0.4) is 0 Å². The van der Waals surface area contributed by atoms with Crippen LogP contribution in [0.5, 0.6) is 0 Å². The van der Waals surface area contributed by atoms with Gasteiger partial charge in [-0.05, 0) is 64.0 Å². The van der Waals surface area contributed by atoms with Gasteiger partial charge in [0.1, 0.15) is 0 Å². The Hall–Kier alpha value is -5.60. The minimum absolute atomic E-state index is 0.118. The van der Waals surface area contributed by atoms with Gasteiger partial charge in [0.15, 0.2) is 0 Å². The summed E-state index contributed by atoms with van der Waals surface area (Å²) < 4.78 is 5.00. The second-order valence-corrected chi connectivity index (χ2v) is 13.0. The molecule has 2 aromatic heterocycles. The molecular weight excluding hydrogens is 544 g/mol. The monoisotopic (exact) mass is 574 g/mol. The summed E-state index contributed by atoms with van der Waals surface area (Å²) in [5, 5.41) is 7.62. The van der Waals surface area contributed by atoms with Crippen LogP contribution >= 0.6 is 0 Å². The van der Waals surface area contributed by atoms with E-state index in [4.69, 9.17) is 0 Å². The van der Waals surface area contributed by atoms with Crippen LogP contribution in [-0.4, -0.2) is 9.13 Å². The zero-order valence-electron chi connectivity index (χ0n) is 25.3. The maximum Gasteiger partial charge on any atom is 0.0619 e. The van der Waals surface area contributed by atoms with Gasteiger partial charge in [0.05, 0.1) is 27.8 Å². The van der Waals surface area contributed by atoms with E-state index in [-0.39, 0.29) is 5.41 Å². The summed E-state index contributed by atoms with van der Waals surface area (Å²) in [4.78, 5) is 0. The van der Waals surface area contributed by atoms with E-state index in [1.165, 1.54) is 88.0 Å². The van der Waals surface area contributed by atoms with Crippen molar-refractivity contribution in [3.05, 3.63) is 157 Å². The lowest BCUT2D eigenvalue weighted by Crippen LogP contribution is -2.18. The fraction of sp³-hybridized carbons (Fsp3) is 0.0698. The summed E-state index contributed by atoms with van der Waals surface area (Å²) in [5.74, 6) is 0. The highest BCUT2D eigenvalue weighted by atomic mass is 15.0. The van der Waals surface area contributed by atoms with Crippen LogP contribution in [-0.2, 0) is 5.41 Å². The molecule has 0 spiro atoms. The second-order valence-electron chi connectivity index (χ2n) is 13.0. The minimum atomic E-state index is -0.118. The highest BCUT2D eigenvalue weighted by Crippen LogP contribution is 2.52. The summed E-state index contributed by atoms with van der Waals surface area (Å²) in [6.45, 7) is 4.76. The third kappa shape index (κ3) is 3.18. The molecule has 10 rings (SSSR count). The van der Waals surface area contributed by atoms with E-state index < -0.39 is 0 Å². The van der Waals surface area contributed by atoms with Crippen LogP contribution in [0.1, 0.15) is 25.0 Å². The Bertz CT molecular complexity index is 2670. The van der Waals surface area contributed by atoms with Gasteiger partial charge in [-0.15, -0.1) is 0 Å². The van der Waals surface area contributed by atoms with Gasteiger partial charge in [-0.1, -0.05) is 123 Å². The lowest BCUT2D eigenvalue weighted by atomic mass is 9.81. The molecule has 9 aromatic rings. The number of para-hydroxylation sites is 2. The number of rotatable bonds is 2. The molecule has 0 radical (unpaired) electrons. The van der Waals surface area contributed by atoms with Crippen molar-refractivity contribution in [2.45, 2.75) is 19.3 Å². The summed E-state index contributed by atoms with van der Waals surface area (Å²) in [6.07, 6.45) is 0. The predicted octanol–water partition coefficient (Wildman–Crippen LogP) is 11.3. The molecule has 45 heavy (non-hydrogen) atoms. The molecule has 1 aliphatic rings. The number of benzene rings is 7. The van der Waals surface area contributed by atoms with E-state index in [0.29, 0.717) is 0 Å². The number of aromatic nitrogens is 2. The van der Waals surface area contributed by atoms with Gasteiger partial charge in [-0.25, -0.2) is 0 Å². The molecule has 7 aromatic carbocycles.